The number of nitrogens with zero attached hydrogens (tertiary/aromatic N) is 1. The van der Waals surface area contributed by atoms with Crippen LogP contribution in [0.3, 0.4) is 0 Å². The van der Waals surface area contributed by atoms with Crippen LogP contribution in [0.2, 0.25) is 5.02 Å². The summed E-state index contributed by atoms with van der Waals surface area (Å²) in [7, 11) is -3.89. The first-order chi connectivity index (χ1) is 15.3. The lowest BCUT2D eigenvalue weighted by Crippen LogP contribution is -2.35. The standard InChI is InChI=1S/C24H20ClNO5S/c1-16-13-18-5-2-3-8-22(18)26(16)32(29,30)21-7-4-6-19(14-21)24(28)31-15-23(27)17-9-11-20(25)12-10-17/h2-12,14,16H,13,15H2,1H3/t16-/m1/s1. The normalized spacial score (nSPS) is 15.3. The summed E-state index contributed by atoms with van der Waals surface area (Å²) in [5, 5.41) is 0.492. The van der Waals surface area contributed by atoms with E-state index in [1.807, 2.05) is 19.1 Å². The van der Waals surface area contributed by atoms with E-state index in [4.69, 9.17) is 16.3 Å². The Morgan fingerprint density at radius 3 is 2.47 bits per heavy atom. The van der Waals surface area contributed by atoms with E-state index in [1.54, 1.807) is 36.4 Å². The molecular weight excluding hydrogens is 450 g/mol. The number of esters is 1. The van der Waals surface area contributed by atoms with Crippen LogP contribution in [0.4, 0.5) is 5.69 Å². The first-order valence-electron chi connectivity index (χ1n) is 9.95. The number of ketones is 1. The van der Waals surface area contributed by atoms with Gasteiger partial charge in [-0.1, -0.05) is 35.9 Å². The lowest BCUT2D eigenvalue weighted by atomic mass is 10.1. The molecule has 0 fully saturated rings. The topological polar surface area (TPSA) is 80.8 Å². The second kappa shape index (κ2) is 8.76. The molecule has 1 aliphatic heterocycles. The van der Waals surface area contributed by atoms with Crippen molar-refractivity contribution in [2.24, 2.45) is 0 Å². The fourth-order valence-corrected chi connectivity index (χ4v) is 5.60. The van der Waals surface area contributed by atoms with Crippen molar-refractivity contribution >= 4 is 39.1 Å². The molecule has 1 atom stereocenters. The first kappa shape index (κ1) is 22.0. The maximum absolute atomic E-state index is 13.4. The minimum atomic E-state index is -3.89. The Kier molecular flexibility index (Phi) is 6.04. The summed E-state index contributed by atoms with van der Waals surface area (Å²) in [6, 6.07) is 19.0. The van der Waals surface area contributed by atoms with Crippen LogP contribution in [0.1, 0.15) is 33.2 Å². The highest BCUT2D eigenvalue weighted by Crippen LogP contribution is 2.36. The summed E-state index contributed by atoms with van der Waals surface area (Å²) < 4.78 is 33.2. The largest absolute Gasteiger partial charge is 0.454 e. The average molecular weight is 470 g/mol. The van der Waals surface area contributed by atoms with Gasteiger partial charge in [-0.2, -0.15) is 0 Å². The predicted molar refractivity (Wildman–Crippen MR) is 122 cm³/mol. The molecule has 0 N–H and O–H groups in total. The molecule has 0 bridgehead atoms. The molecule has 1 heterocycles. The van der Waals surface area contributed by atoms with Gasteiger partial charge in [0.15, 0.2) is 12.4 Å². The molecule has 6 nitrogen and oxygen atoms in total. The highest BCUT2D eigenvalue weighted by atomic mass is 35.5. The number of ether oxygens (including phenoxy) is 1. The molecule has 0 spiro atoms. The second-order valence-electron chi connectivity index (χ2n) is 7.52. The summed E-state index contributed by atoms with van der Waals surface area (Å²) in [6.07, 6.45) is 0.615. The van der Waals surface area contributed by atoms with Gasteiger partial charge in [0.2, 0.25) is 0 Å². The zero-order valence-corrected chi connectivity index (χ0v) is 18.8. The number of hydrogen-bond acceptors (Lipinski definition) is 5. The highest BCUT2D eigenvalue weighted by molar-refractivity contribution is 7.92. The summed E-state index contributed by atoms with van der Waals surface area (Å²) in [5.74, 6) is -1.17. The SMILES string of the molecule is C[C@@H]1Cc2ccccc2N1S(=O)(=O)c1cccc(C(=O)OCC(=O)c2ccc(Cl)cc2)c1. The van der Waals surface area contributed by atoms with Crippen molar-refractivity contribution in [3.8, 4) is 0 Å². The predicted octanol–water partition coefficient (Wildman–Crippen LogP) is 4.52. The van der Waals surface area contributed by atoms with Crippen molar-refractivity contribution in [2.75, 3.05) is 10.9 Å². The van der Waals surface area contributed by atoms with Gasteiger partial charge in [-0.15, -0.1) is 0 Å². The Morgan fingerprint density at radius 1 is 1.00 bits per heavy atom. The number of para-hydroxylation sites is 1. The number of anilines is 1. The molecule has 3 aromatic rings. The smallest absolute Gasteiger partial charge is 0.338 e. The number of benzene rings is 3. The highest BCUT2D eigenvalue weighted by Gasteiger charge is 2.36. The molecule has 0 unspecified atom stereocenters. The van der Waals surface area contributed by atoms with Crippen LogP contribution in [0.5, 0.6) is 0 Å². The van der Waals surface area contributed by atoms with Crippen LogP contribution in [-0.2, 0) is 21.2 Å². The van der Waals surface area contributed by atoms with Crippen molar-refractivity contribution in [2.45, 2.75) is 24.3 Å². The third-order valence-electron chi connectivity index (χ3n) is 5.27. The Morgan fingerprint density at radius 2 is 1.72 bits per heavy atom. The molecule has 0 radical (unpaired) electrons. The van der Waals surface area contributed by atoms with Crippen molar-refractivity contribution in [3.63, 3.8) is 0 Å². The van der Waals surface area contributed by atoms with E-state index in [2.05, 4.69) is 0 Å². The number of Topliss-reactive ketones (excluding diaryl/α,β-unsaturated/α-hetero) is 1. The maximum Gasteiger partial charge on any atom is 0.338 e. The van der Waals surface area contributed by atoms with Gasteiger partial charge >= 0.3 is 5.97 Å². The quantitative estimate of drug-likeness (QED) is 0.391. The Bertz CT molecular complexity index is 1290. The van der Waals surface area contributed by atoms with Crippen LogP contribution in [0, 0.1) is 0 Å². The molecule has 0 amide bonds. The van der Waals surface area contributed by atoms with Gasteiger partial charge in [0.05, 0.1) is 16.1 Å². The zero-order chi connectivity index (χ0) is 22.9. The lowest BCUT2D eigenvalue weighted by Gasteiger charge is -2.24. The monoisotopic (exact) mass is 469 g/mol. The number of carbonyl (C=O) groups is 2. The van der Waals surface area contributed by atoms with Crippen molar-refractivity contribution in [3.05, 3.63) is 94.5 Å². The van der Waals surface area contributed by atoms with E-state index in [9.17, 15) is 18.0 Å². The number of hydrogen-bond donors (Lipinski definition) is 0. The minimum absolute atomic E-state index is 0.0143. The molecule has 0 aliphatic carbocycles. The summed E-state index contributed by atoms with van der Waals surface area (Å²) in [5.41, 5.74) is 2.01. The van der Waals surface area contributed by atoms with Gasteiger partial charge in [0, 0.05) is 16.6 Å². The summed E-state index contributed by atoms with van der Waals surface area (Å²) in [4.78, 5) is 24.7. The molecule has 32 heavy (non-hydrogen) atoms. The van der Waals surface area contributed by atoms with Crippen LogP contribution in [-0.4, -0.2) is 32.8 Å². The Hall–Kier alpha value is -3.16. The van der Waals surface area contributed by atoms with E-state index in [1.165, 1.54) is 28.6 Å². The number of halogens is 1. The van der Waals surface area contributed by atoms with E-state index in [-0.39, 0.29) is 22.3 Å². The third kappa shape index (κ3) is 4.26. The fourth-order valence-electron chi connectivity index (χ4n) is 3.73. The molecule has 3 aromatic carbocycles. The Balaban J connectivity index is 1.52. The molecular formula is C24H20ClNO5S. The summed E-state index contributed by atoms with van der Waals surface area (Å²) >= 11 is 5.81. The first-order valence-corrected chi connectivity index (χ1v) is 11.8. The molecule has 1 aliphatic rings. The fraction of sp³-hybridized carbons (Fsp3) is 0.167. The number of fused-ring (bicyclic) bond motifs is 1. The van der Waals surface area contributed by atoms with Gasteiger partial charge in [-0.05, 0) is 67.4 Å². The molecule has 0 saturated carbocycles. The second-order valence-corrected chi connectivity index (χ2v) is 9.77. The molecule has 164 valence electrons. The Labute approximate surface area is 191 Å². The van der Waals surface area contributed by atoms with E-state index in [0.29, 0.717) is 22.7 Å². The van der Waals surface area contributed by atoms with Crippen LogP contribution in [0.15, 0.2) is 77.7 Å². The minimum Gasteiger partial charge on any atom is -0.454 e. The molecule has 0 saturated heterocycles. The van der Waals surface area contributed by atoms with Gasteiger partial charge in [-0.3, -0.25) is 9.10 Å². The zero-order valence-electron chi connectivity index (χ0n) is 17.2. The number of carbonyl (C=O) groups excluding carboxylic acids is 2. The van der Waals surface area contributed by atoms with Crippen LogP contribution < -0.4 is 4.31 Å². The van der Waals surface area contributed by atoms with Crippen molar-refractivity contribution < 1.29 is 22.7 Å². The third-order valence-corrected chi connectivity index (χ3v) is 7.45. The van der Waals surface area contributed by atoms with Crippen LogP contribution in [0.25, 0.3) is 0 Å². The lowest BCUT2D eigenvalue weighted by molar-refractivity contribution is 0.0474. The maximum atomic E-state index is 13.4. The van der Waals surface area contributed by atoms with Gasteiger partial charge in [0.1, 0.15) is 0 Å². The van der Waals surface area contributed by atoms with Gasteiger partial charge in [-0.25, -0.2) is 13.2 Å². The van der Waals surface area contributed by atoms with Crippen LogP contribution >= 0.6 is 11.6 Å². The van der Waals surface area contributed by atoms with E-state index in [0.717, 1.165) is 5.56 Å². The summed E-state index contributed by atoms with van der Waals surface area (Å²) in [6.45, 7) is 1.38. The van der Waals surface area contributed by atoms with Gasteiger partial charge < -0.3 is 4.74 Å². The van der Waals surface area contributed by atoms with E-state index < -0.39 is 22.6 Å². The number of sulfonamides is 1. The van der Waals surface area contributed by atoms with Gasteiger partial charge in [0.25, 0.3) is 10.0 Å². The average Bonchev–Trinajstić information content (AvgIpc) is 3.14. The van der Waals surface area contributed by atoms with Crippen molar-refractivity contribution in [1.82, 2.24) is 0 Å². The molecule has 4 rings (SSSR count). The van der Waals surface area contributed by atoms with Crippen molar-refractivity contribution in [1.29, 1.82) is 0 Å². The number of rotatable bonds is 6. The molecule has 8 heteroatoms. The molecule has 0 aromatic heterocycles. The van der Waals surface area contributed by atoms with E-state index >= 15 is 0 Å².